The largest absolute Gasteiger partial charge is 0.437 e. The molecule has 2 N–H and O–H groups in total. The number of pyridine rings is 1. The number of nitrogen functional groups attached to an aromatic ring is 1. The number of benzene rings is 1. The van der Waals surface area contributed by atoms with Crippen molar-refractivity contribution in [2.45, 2.75) is 0 Å². The van der Waals surface area contributed by atoms with Gasteiger partial charge in [-0.05, 0) is 24.3 Å². The van der Waals surface area contributed by atoms with Crippen molar-refractivity contribution >= 4 is 27.5 Å². The van der Waals surface area contributed by atoms with Crippen LogP contribution in [0.15, 0.2) is 41.0 Å². The second-order valence-electron chi connectivity index (χ2n) is 4.37. The first kappa shape index (κ1) is 14.3. The van der Waals surface area contributed by atoms with Gasteiger partial charge in [-0.25, -0.2) is 4.98 Å². The van der Waals surface area contributed by atoms with Gasteiger partial charge in [0.2, 0.25) is 5.88 Å². The quantitative estimate of drug-likeness (QED) is 0.875. The van der Waals surface area contributed by atoms with Crippen molar-refractivity contribution in [1.82, 2.24) is 9.88 Å². The summed E-state index contributed by atoms with van der Waals surface area (Å²) in [6, 6.07) is 8.63. The fourth-order valence-corrected chi connectivity index (χ4v) is 1.93. The number of anilines is 1. The molecule has 0 radical (unpaired) electrons. The van der Waals surface area contributed by atoms with Crippen molar-refractivity contribution in [1.29, 1.82) is 0 Å². The fourth-order valence-electron chi connectivity index (χ4n) is 1.55. The molecule has 0 aliphatic carbocycles. The zero-order chi connectivity index (χ0) is 14.7. The number of nitrogens with zero attached hydrogens (tertiary/aromatic N) is 2. The van der Waals surface area contributed by atoms with Crippen LogP contribution >= 0.6 is 15.9 Å². The molecule has 1 aromatic heterocycles. The molecule has 0 unspecified atom stereocenters. The molecule has 1 aromatic carbocycles. The van der Waals surface area contributed by atoms with Gasteiger partial charge >= 0.3 is 0 Å². The molecule has 104 valence electrons. The van der Waals surface area contributed by atoms with Crippen molar-refractivity contribution in [3.63, 3.8) is 0 Å². The van der Waals surface area contributed by atoms with Gasteiger partial charge in [0.05, 0.1) is 11.3 Å². The average Bonchev–Trinajstić information content (AvgIpc) is 2.42. The number of hydrogen-bond acceptors (Lipinski definition) is 4. The van der Waals surface area contributed by atoms with Crippen molar-refractivity contribution in [2.24, 2.45) is 0 Å². The van der Waals surface area contributed by atoms with Crippen LogP contribution in [0.5, 0.6) is 11.6 Å². The van der Waals surface area contributed by atoms with Crippen LogP contribution in [-0.2, 0) is 0 Å². The van der Waals surface area contributed by atoms with Crippen LogP contribution < -0.4 is 10.5 Å². The second-order valence-corrected chi connectivity index (χ2v) is 5.28. The molecular weight excluding hydrogens is 322 g/mol. The number of rotatable bonds is 3. The molecule has 0 saturated carbocycles. The maximum atomic E-state index is 11.7. The van der Waals surface area contributed by atoms with E-state index in [1.54, 1.807) is 38.4 Å². The Morgan fingerprint density at radius 3 is 2.60 bits per heavy atom. The number of carbonyl (C=O) groups excluding carboxylic acids is 1. The summed E-state index contributed by atoms with van der Waals surface area (Å²) < 4.78 is 6.45. The minimum Gasteiger partial charge on any atom is -0.437 e. The molecule has 0 atom stereocenters. The average molecular weight is 336 g/mol. The zero-order valence-electron chi connectivity index (χ0n) is 11.1. The maximum absolute atomic E-state index is 11.7. The van der Waals surface area contributed by atoms with E-state index in [1.807, 2.05) is 6.07 Å². The Labute approximate surface area is 125 Å². The standard InChI is InChI=1S/C14H14BrN3O2/c1-18(2)14(19)9-3-6-13(17-8-9)20-12-5-4-10(15)7-11(12)16/h3-8H,16H2,1-2H3. The fraction of sp³-hybridized carbons (Fsp3) is 0.143. The van der Waals surface area contributed by atoms with Crippen LogP contribution in [0, 0.1) is 0 Å². The summed E-state index contributed by atoms with van der Waals surface area (Å²) in [5.74, 6) is 0.800. The predicted molar refractivity (Wildman–Crippen MR) is 80.9 cm³/mol. The monoisotopic (exact) mass is 335 g/mol. The number of aromatic nitrogens is 1. The smallest absolute Gasteiger partial charge is 0.254 e. The number of ether oxygens (including phenoxy) is 1. The van der Waals surface area contributed by atoms with E-state index in [-0.39, 0.29) is 5.91 Å². The van der Waals surface area contributed by atoms with Crippen molar-refractivity contribution in [3.8, 4) is 11.6 Å². The van der Waals surface area contributed by atoms with Gasteiger partial charge in [0.1, 0.15) is 0 Å². The van der Waals surface area contributed by atoms with Gasteiger partial charge in [0, 0.05) is 30.8 Å². The van der Waals surface area contributed by atoms with Gasteiger partial charge in [-0.1, -0.05) is 15.9 Å². The second kappa shape index (κ2) is 5.92. The summed E-state index contributed by atoms with van der Waals surface area (Å²) in [5, 5.41) is 0. The molecule has 1 amide bonds. The third-order valence-electron chi connectivity index (χ3n) is 2.58. The highest BCUT2D eigenvalue weighted by molar-refractivity contribution is 9.10. The molecule has 0 aliphatic heterocycles. The Morgan fingerprint density at radius 2 is 2.05 bits per heavy atom. The number of halogens is 1. The van der Waals surface area contributed by atoms with Crippen LogP contribution in [0.3, 0.4) is 0 Å². The van der Waals surface area contributed by atoms with E-state index in [0.29, 0.717) is 22.9 Å². The van der Waals surface area contributed by atoms with Gasteiger partial charge < -0.3 is 15.4 Å². The van der Waals surface area contributed by atoms with E-state index in [0.717, 1.165) is 4.47 Å². The lowest BCUT2D eigenvalue weighted by molar-refractivity contribution is 0.0827. The van der Waals surface area contributed by atoms with Gasteiger partial charge in [0.25, 0.3) is 5.91 Å². The minimum absolute atomic E-state index is 0.104. The van der Waals surface area contributed by atoms with Gasteiger partial charge in [-0.2, -0.15) is 0 Å². The van der Waals surface area contributed by atoms with Gasteiger partial charge in [-0.3, -0.25) is 4.79 Å². The van der Waals surface area contributed by atoms with E-state index < -0.39 is 0 Å². The van der Waals surface area contributed by atoms with Gasteiger partial charge in [-0.15, -0.1) is 0 Å². The molecule has 0 spiro atoms. The van der Waals surface area contributed by atoms with Crippen LogP contribution in [0.2, 0.25) is 0 Å². The summed E-state index contributed by atoms with van der Waals surface area (Å²) in [6.07, 6.45) is 1.48. The van der Waals surface area contributed by atoms with E-state index >= 15 is 0 Å². The Bertz CT molecular complexity index is 627. The lowest BCUT2D eigenvalue weighted by Gasteiger charge is -2.11. The van der Waals surface area contributed by atoms with E-state index in [9.17, 15) is 4.79 Å². The number of amides is 1. The first-order valence-corrected chi connectivity index (χ1v) is 6.67. The van der Waals surface area contributed by atoms with Crippen LogP contribution in [-0.4, -0.2) is 29.9 Å². The zero-order valence-corrected chi connectivity index (χ0v) is 12.7. The van der Waals surface area contributed by atoms with E-state index in [4.69, 9.17) is 10.5 Å². The Morgan fingerprint density at radius 1 is 1.30 bits per heavy atom. The predicted octanol–water partition coefficient (Wildman–Crippen LogP) is 2.92. The highest BCUT2D eigenvalue weighted by atomic mass is 79.9. The number of carbonyl (C=O) groups is 1. The molecule has 20 heavy (non-hydrogen) atoms. The summed E-state index contributed by atoms with van der Waals surface area (Å²) in [5.41, 5.74) is 6.86. The highest BCUT2D eigenvalue weighted by Crippen LogP contribution is 2.28. The summed E-state index contributed by atoms with van der Waals surface area (Å²) in [4.78, 5) is 17.3. The summed E-state index contributed by atoms with van der Waals surface area (Å²) in [6.45, 7) is 0. The number of nitrogens with two attached hydrogens (primary N) is 1. The first-order chi connectivity index (χ1) is 9.47. The lowest BCUT2D eigenvalue weighted by atomic mass is 10.2. The molecular formula is C14H14BrN3O2. The Kier molecular flexibility index (Phi) is 4.24. The highest BCUT2D eigenvalue weighted by Gasteiger charge is 2.09. The molecule has 0 saturated heterocycles. The van der Waals surface area contributed by atoms with E-state index in [1.165, 1.54) is 11.1 Å². The first-order valence-electron chi connectivity index (χ1n) is 5.88. The molecule has 5 nitrogen and oxygen atoms in total. The van der Waals surface area contributed by atoms with Crippen LogP contribution in [0.1, 0.15) is 10.4 Å². The van der Waals surface area contributed by atoms with Crippen molar-refractivity contribution in [3.05, 3.63) is 46.6 Å². The molecule has 0 aliphatic rings. The van der Waals surface area contributed by atoms with Crippen molar-refractivity contribution < 1.29 is 9.53 Å². The maximum Gasteiger partial charge on any atom is 0.254 e. The third kappa shape index (κ3) is 3.27. The Balaban J connectivity index is 2.17. The Hall–Kier alpha value is -2.08. The molecule has 0 bridgehead atoms. The van der Waals surface area contributed by atoms with E-state index in [2.05, 4.69) is 20.9 Å². The number of hydrogen-bond donors (Lipinski definition) is 1. The topological polar surface area (TPSA) is 68.5 Å². The molecule has 2 aromatic rings. The molecule has 1 heterocycles. The normalized spacial score (nSPS) is 10.2. The minimum atomic E-state index is -0.104. The molecule has 6 heteroatoms. The molecule has 2 rings (SSSR count). The molecule has 0 fully saturated rings. The van der Waals surface area contributed by atoms with Crippen LogP contribution in [0.4, 0.5) is 5.69 Å². The SMILES string of the molecule is CN(C)C(=O)c1ccc(Oc2ccc(Br)cc2N)nc1. The van der Waals surface area contributed by atoms with Gasteiger partial charge in [0.15, 0.2) is 5.75 Å². The summed E-state index contributed by atoms with van der Waals surface area (Å²) >= 11 is 3.33. The lowest BCUT2D eigenvalue weighted by Crippen LogP contribution is -2.21. The van der Waals surface area contributed by atoms with Crippen molar-refractivity contribution in [2.75, 3.05) is 19.8 Å². The van der Waals surface area contributed by atoms with Crippen LogP contribution in [0.25, 0.3) is 0 Å². The third-order valence-corrected chi connectivity index (χ3v) is 3.07. The summed E-state index contributed by atoms with van der Waals surface area (Å²) in [7, 11) is 3.38.